The number of non-ortho nitro benzene ring substituents is 1. The highest BCUT2D eigenvalue weighted by Gasteiger charge is 2.13. The zero-order valence-electron chi connectivity index (χ0n) is 11.4. The van der Waals surface area contributed by atoms with Gasteiger partial charge >= 0.3 is 0 Å². The third-order valence-corrected chi connectivity index (χ3v) is 2.95. The van der Waals surface area contributed by atoms with Gasteiger partial charge in [0.05, 0.1) is 30.9 Å². The Bertz CT molecular complexity index is 541. The molecule has 1 fully saturated rings. The number of benzene rings is 1. The largest absolute Gasteiger partial charge is 0.379 e. The first-order valence-electron chi connectivity index (χ1n) is 6.51. The van der Waals surface area contributed by atoms with Crippen molar-refractivity contribution in [2.75, 3.05) is 32.8 Å². The molecule has 1 aliphatic rings. The molecule has 0 saturated carbocycles. The van der Waals surface area contributed by atoms with Gasteiger partial charge in [-0.05, 0) is 0 Å². The van der Waals surface area contributed by atoms with Gasteiger partial charge in [-0.1, -0.05) is 12.1 Å². The van der Waals surface area contributed by atoms with Gasteiger partial charge in [0.15, 0.2) is 0 Å². The third kappa shape index (κ3) is 4.93. The molecule has 1 saturated heterocycles. The maximum Gasteiger partial charge on any atom is 0.270 e. The van der Waals surface area contributed by atoms with E-state index in [0.29, 0.717) is 18.8 Å². The second-order valence-corrected chi connectivity index (χ2v) is 4.53. The SMILES string of the molecule is O=C(CN1CCOCC1)N/N=C\c1cccc([N+](=O)[O-])c1. The van der Waals surface area contributed by atoms with E-state index >= 15 is 0 Å². The number of nitrogens with one attached hydrogen (secondary N) is 1. The number of nitrogens with zero attached hydrogens (tertiary/aromatic N) is 3. The molecule has 0 radical (unpaired) electrons. The highest BCUT2D eigenvalue weighted by molar-refractivity contribution is 5.83. The van der Waals surface area contributed by atoms with E-state index in [0.717, 1.165) is 13.1 Å². The molecule has 21 heavy (non-hydrogen) atoms. The predicted octanol–water partition coefficient (Wildman–Crippen LogP) is 0.377. The molecule has 1 aliphatic heterocycles. The van der Waals surface area contributed by atoms with E-state index < -0.39 is 4.92 Å². The summed E-state index contributed by atoms with van der Waals surface area (Å²) in [5, 5.41) is 14.4. The van der Waals surface area contributed by atoms with Gasteiger partial charge in [-0.25, -0.2) is 5.43 Å². The molecule has 1 amide bonds. The monoisotopic (exact) mass is 292 g/mol. The Labute approximate surface area is 121 Å². The summed E-state index contributed by atoms with van der Waals surface area (Å²) in [6, 6.07) is 6.02. The number of nitro groups is 1. The summed E-state index contributed by atoms with van der Waals surface area (Å²) in [6.45, 7) is 2.97. The summed E-state index contributed by atoms with van der Waals surface area (Å²) in [6.07, 6.45) is 1.38. The zero-order valence-corrected chi connectivity index (χ0v) is 11.4. The van der Waals surface area contributed by atoms with E-state index in [1.165, 1.54) is 18.3 Å². The molecule has 0 spiro atoms. The van der Waals surface area contributed by atoms with Crippen molar-refractivity contribution in [3.8, 4) is 0 Å². The molecule has 1 N–H and O–H groups in total. The van der Waals surface area contributed by atoms with Crippen molar-refractivity contribution in [3.05, 3.63) is 39.9 Å². The normalized spacial score (nSPS) is 16.0. The van der Waals surface area contributed by atoms with E-state index in [4.69, 9.17) is 4.74 Å². The van der Waals surface area contributed by atoms with E-state index in [-0.39, 0.29) is 18.1 Å². The number of ether oxygens (including phenoxy) is 1. The van der Waals surface area contributed by atoms with Crippen LogP contribution in [0.25, 0.3) is 0 Å². The maximum absolute atomic E-state index is 11.7. The first kappa shape index (κ1) is 15.1. The summed E-state index contributed by atoms with van der Waals surface area (Å²) in [5.74, 6) is -0.224. The number of rotatable bonds is 5. The average Bonchev–Trinajstić information content (AvgIpc) is 2.48. The Morgan fingerprint density at radius 1 is 1.48 bits per heavy atom. The van der Waals surface area contributed by atoms with Crippen LogP contribution < -0.4 is 5.43 Å². The number of hydrogen-bond donors (Lipinski definition) is 1. The van der Waals surface area contributed by atoms with Gasteiger partial charge in [-0.15, -0.1) is 0 Å². The van der Waals surface area contributed by atoms with Crippen LogP contribution in [0.3, 0.4) is 0 Å². The van der Waals surface area contributed by atoms with Crippen LogP contribution in [0.2, 0.25) is 0 Å². The first-order valence-corrected chi connectivity index (χ1v) is 6.51. The van der Waals surface area contributed by atoms with Crippen LogP contribution in [0, 0.1) is 10.1 Å². The summed E-state index contributed by atoms with van der Waals surface area (Å²) < 4.78 is 5.19. The second-order valence-electron chi connectivity index (χ2n) is 4.53. The lowest BCUT2D eigenvalue weighted by Gasteiger charge is -2.25. The van der Waals surface area contributed by atoms with Crippen LogP contribution in [0.5, 0.6) is 0 Å². The fraction of sp³-hybridized carbons (Fsp3) is 0.385. The number of carbonyl (C=O) groups excluding carboxylic acids is 1. The lowest BCUT2D eigenvalue weighted by atomic mass is 10.2. The second kappa shape index (κ2) is 7.46. The van der Waals surface area contributed by atoms with E-state index in [1.807, 2.05) is 4.90 Å². The van der Waals surface area contributed by atoms with Gasteiger partial charge in [0.1, 0.15) is 0 Å². The molecule has 1 aromatic carbocycles. The van der Waals surface area contributed by atoms with Crippen LogP contribution in [0.15, 0.2) is 29.4 Å². The highest BCUT2D eigenvalue weighted by atomic mass is 16.6. The van der Waals surface area contributed by atoms with Crippen molar-refractivity contribution in [2.45, 2.75) is 0 Å². The van der Waals surface area contributed by atoms with Crippen LogP contribution in [-0.2, 0) is 9.53 Å². The Morgan fingerprint density at radius 3 is 2.95 bits per heavy atom. The number of nitro benzene ring substituents is 1. The Morgan fingerprint density at radius 2 is 2.24 bits per heavy atom. The molecule has 1 heterocycles. The van der Waals surface area contributed by atoms with E-state index in [1.54, 1.807) is 12.1 Å². The van der Waals surface area contributed by atoms with Crippen molar-refractivity contribution in [3.63, 3.8) is 0 Å². The first-order chi connectivity index (χ1) is 10.1. The molecular weight excluding hydrogens is 276 g/mol. The van der Waals surface area contributed by atoms with Gasteiger partial charge in [-0.3, -0.25) is 19.8 Å². The number of hydrogen-bond acceptors (Lipinski definition) is 6. The number of morpholine rings is 1. The van der Waals surface area contributed by atoms with Crippen LogP contribution in [0.4, 0.5) is 5.69 Å². The number of amides is 1. The quantitative estimate of drug-likeness (QED) is 0.480. The lowest BCUT2D eigenvalue weighted by molar-refractivity contribution is -0.384. The number of carbonyl (C=O) groups is 1. The standard InChI is InChI=1S/C13H16N4O4/c18-13(10-16-4-6-21-7-5-16)15-14-9-11-2-1-3-12(8-11)17(19)20/h1-3,8-9H,4-7,10H2,(H,15,18)/b14-9-. The van der Waals surface area contributed by atoms with Gasteiger partial charge < -0.3 is 4.74 Å². The molecule has 1 aromatic rings. The highest BCUT2D eigenvalue weighted by Crippen LogP contribution is 2.11. The smallest absolute Gasteiger partial charge is 0.270 e. The molecule has 0 unspecified atom stereocenters. The molecule has 0 aliphatic carbocycles. The fourth-order valence-corrected chi connectivity index (χ4v) is 1.90. The van der Waals surface area contributed by atoms with Crippen LogP contribution in [-0.4, -0.2) is 54.8 Å². The fourth-order valence-electron chi connectivity index (χ4n) is 1.90. The number of hydrazone groups is 1. The molecule has 0 bridgehead atoms. The van der Waals surface area contributed by atoms with E-state index in [2.05, 4.69) is 10.5 Å². The zero-order chi connectivity index (χ0) is 15.1. The molecular formula is C13H16N4O4. The molecule has 8 nitrogen and oxygen atoms in total. The van der Waals surface area contributed by atoms with Crippen LogP contribution in [0.1, 0.15) is 5.56 Å². The molecule has 0 atom stereocenters. The van der Waals surface area contributed by atoms with E-state index in [9.17, 15) is 14.9 Å². The topological polar surface area (TPSA) is 97.1 Å². The van der Waals surface area contributed by atoms with Crippen molar-refractivity contribution >= 4 is 17.8 Å². The molecule has 2 rings (SSSR count). The molecule has 8 heteroatoms. The predicted molar refractivity (Wildman–Crippen MR) is 76.1 cm³/mol. The minimum atomic E-state index is -0.478. The minimum absolute atomic E-state index is 0.0152. The molecule has 112 valence electrons. The molecule has 0 aromatic heterocycles. The minimum Gasteiger partial charge on any atom is -0.379 e. The Hall–Kier alpha value is -2.32. The van der Waals surface area contributed by atoms with Crippen molar-refractivity contribution in [1.82, 2.24) is 10.3 Å². The Kier molecular flexibility index (Phi) is 5.35. The van der Waals surface area contributed by atoms with Crippen LogP contribution >= 0.6 is 0 Å². The summed E-state index contributed by atoms with van der Waals surface area (Å²) in [5.41, 5.74) is 2.94. The lowest BCUT2D eigenvalue weighted by Crippen LogP contribution is -2.42. The summed E-state index contributed by atoms with van der Waals surface area (Å²) in [4.78, 5) is 23.8. The average molecular weight is 292 g/mol. The van der Waals surface area contributed by atoms with Crippen molar-refractivity contribution in [2.24, 2.45) is 5.10 Å². The van der Waals surface area contributed by atoms with Gasteiger partial charge in [0.25, 0.3) is 11.6 Å². The van der Waals surface area contributed by atoms with Gasteiger partial charge in [-0.2, -0.15) is 5.10 Å². The maximum atomic E-state index is 11.7. The summed E-state index contributed by atoms with van der Waals surface area (Å²) in [7, 11) is 0. The van der Waals surface area contributed by atoms with Crippen molar-refractivity contribution < 1.29 is 14.5 Å². The van der Waals surface area contributed by atoms with Gasteiger partial charge in [0, 0.05) is 30.8 Å². The Balaban J connectivity index is 1.82. The third-order valence-electron chi connectivity index (χ3n) is 2.95. The summed E-state index contributed by atoms with van der Waals surface area (Å²) >= 11 is 0. The van der Waals surface area contributed by atoms with Crippen molar-refractivity contribution in [1.29, 1.82) is 0 Å². The van der Waals surface area contributed by atoms with Gasteiger partial charge in [0.2, 0.25) is 0 Å².